The molecule has 1 heterocycles. The lowest BCUT2D eigenvalue weighted by Gasteiger charge is -2.18. The van der Waals surface area contributed by atoms with Gasteiger partial charge in [0.1, 0.15) is 5.69 Å². The van der Waals surface area contributed by atoms with E-state index in [1.54, 1.807) is 11.9 Å². The third kappa shape index (κ3) is 3.75. The fraction of sp³-hybridized carbons (Fsp3) is 0.211. The summed E-state index contributed by atoms with van der Waals surface area (Å²) in [4.78, 5) is 22.8. The average molecular weight is 335 g/mol. The summed E-state index contributed by atoms with van der Waals surface area (Å²) in [7, 11) is 3.68. The van der Waals surface area contributed by atoms with Crippen LogP contribution in [0.3, 0.4) is 0 Å². The van der Waals surface area contributed by atoms with Gasteiger partial charge in [0.05, 0.1) is 5.52 Å². The van der Waals surface area contributed by atoms with Gasteiger partial charge in [-0.1, -0.05) is 42.5 Å². The molecule has 3 N–H and O–H groups in total. The van der Waals surface area contributed by atoms with Gasteiger partial charge in [-0.25, -0.2) is 9.97 Å². The van der Waals surface area contributed by atoms with E-state index in [0.717, 1.165) is 12.1 Å². The molecule has 0 aliphatic rings. The monoisotopic (exact) mass is 335 g/mol. The van der Waals surface area contributed by atoms with Gasteiger partial charge in [-0.05, 0) is 24.2 Å². The first-order chi connectivity index (χ1) is 12.1. The van der Waals surface area contributed by atoms with Crippen molar-refractivity contribution in [1.82, 2.24) is 20.2 Å². The van der Waals surface area contributed by atoms with Crippen molar-refractivity contribution in [3.05, 3.63) is 65.4 Å². The molecule has 0 radical (unpaired) electrons. The Morgan fingerprint density at radius 2 is 1.76 bits per heavy atom. The van der Waals surface area contributed by atoms with Crippen LogP contribution in [-0.4, -0.2) is 34.9 Å². The molecule has 0 aliphatic heterocycles. The number of nitrogens with zero attached hydrogens (tertiary/aromatic N) is 3. The number of carbonyl (C=O) groups excluding carboxylic acids is 1. The van der Waals surface area contributed by atoms with E-state index in [9.17, 15) is 4.79 Å². The molecule has 1 aromatic heterocycles. The first-order valence-corrected chi connectivity index (χ1v) is 8.08. The van der Waals surface area contributed by atoms with Crippen molar-refractivity contribution in [2.75, 3.05) is 19.8 Å². The summed E-state index contributed by atoms with van der Waals surface area (Å²) in [5, 5.41) is 3.82. The number of carbonyl (C=O) groups is 1. The number of fused-ring (bicyclic) bond motifs is 1. The summed E-state index contributed by atoms with van der Waals surface area (Å²) < 4.78 is 0. The number of anilines is 1. The topological polar surface area (TPSA) is 84.1 Å². The lowest BCUT2D eigenvalue weighted by Crippen LogP contribution is -2.27. The zero-order chi connectivity index (χ0) is 17.8. The molecule has 6 nitrogen and oxygen atoms in total. The highest BCUT2D eigenvalue weighted by Crippen LogP contribution is 2.18. The molecular formula is C19H21N5O. The van der Waals surface area contributed by atoms with Crippen LogP contribution in [0.5, 0.6) is 0 Å². The number of rotatable bonds is 5. The Bertz CT molecular complexity index is 892. The fourth-order valence-corrected chi connectivity index (χ4v) is 2.75. The number of amides is 1. The quantitative estimate of drug-likeness (QED) is 0.747. The Balaban J connectivity index is 1.83. The van der Waals surface area contributed by atoms with Gasteiger partial charge >= 0.3 is 0 Å². The molecule has 0 unspecified atom stereocenters. The molecule has 128 valence electrons. The van der Waals surface area contributed by atoms with E-state index in [1.807, 2.05) is 43.4 Å². The number of hydrogen-bond donors (Lipinski definition) is 2. The van der Waals surface area contributed by atoms with Crippen molar-refractivity contribution >= 4 is 22.8 Å². The number of nitrogens with two attached hydrogens (primary N) is 1. The van der Waals surface area contributed by atoms with Crippen LogP contribution in [0.25, 0.3) is 10.9 Å². The van der Waals surface area contributed by atoms with Crippen LogP contribution in [-0.2, 0) is 13.1 Å². The summed E-state index contributed by atoms with van der Waals surface area (Å²) in [5.41, 5.74) is 9.02. The Labute approximate surface area is 146 Å². The SMILES string of the molecule is CNCc1ccc(CN(C)C(=O)c2nc(N)nc3ccccc23)cc1. The Morgan fingerprint density at radius 3 is 2.48 bits per heavy atom. The zero-order valence-electron chi connectivity index (χ0n) is 14.4. The Kier molecular flexibility index (Phi) is 4.90. The van der Waals surface area contributed by atoms with Crippen molar-refractivity contribution in [3.8, 4) is 0 Å². The predicted octanol–water partition coefficient (Wildman–Crippen LogP) is 2.20. The average Bonchev–Trinajstić information content (AvgIpc) is 2.62. The third-order valence-corrected chi connectivity index (χ3v) is 3.99. The standard InChI is InChI=1S/C19H21N5O/c1-21-11-13-7-9-14(10-8-13)12-24(2)18(25)17-15-5-3-4-6-16(15)22-19(20)23-17/h3-10,21H,11-12H2,1-2H3,(H2,20,22,23). The van der Waals surface area contributed by atoms with Gasteiger partial charge in [0.15, 0.2) is 0 Å². The normalized spacial score (nSPS) is 10.8. The Morgan fingerprint density at radius 1 is 1.08 bits per heavy atom. The molecule has 0 bridgehead atoms. The summed E-state index contributed by atoms with van der Waals surface area (Å²) in [6.45, 7) is 1.32. The predicted molar refractivity (Wildman–Crippen MR) is 99.0 cm³/mol. The van der Waals surface area contributed by atoms with Crippen molar-refractivity contribution in [1.29, 1.82) is 0 Å². The van der Waals surface area contributed by atoms with Gasteiger partial charge in [0.25, 0.3) is 5.91 Å². The van der Waals surface area contributed by atoms with E-state index in [1.165, 1.54) is 5.56 Å². The van der Waals surface area contributed by atoms with Gasteiger partial charge in [-0.2, -0.15) is 0 Å². The second-order valence-corrected chi connectivity index (χ2v) is 5.96. The molecule has 3 aromatic rings. The lowest BCUT2D eigenvalue weighted by molar-refractivity contribution is 0.0781. The molecule has 0 fully saturated rings. The van der Waals surface area contributed by atoms with E-state index in [-0.39, 0.29) is 11.9 Å². The smallest absolute Gasteiger partial charge is 0.273 e. The molecule has 0 saturated carbocycles. The number of benzene rings is 2. The molecule has 2 aromatic carbocycles. The second-order valence-electron chi connectivity index (χ2n) is 5.96. The van der Waals surface area contributed by atoms with Crippen molar-refractivity contribution in [2.24, 2.45) is 0 Å². The molecule has 25 heavy (non-hydrogen) atoms. The maximum absolute atomic E-state index is 12.9. The molecular weight excluding hydrogens is 314 g/mol. The van der Waals surface area contributed by atoms with E-state index >= 15 is 0 Å². The minimum absolute atomic E-state index is 0.104. The van der Waals surface area contributed by atoms with Crippen LogP contribution in [0.2, 0.25) is 0 Å². The first-order valence-electron chi connectivity index (χ1n) is 8.08. The highest BCUT2D eigenvalue weighted by atomic mass is 16.2. The molecule has 0 spiro atoms. The maximum atomic E-state index is 12.9. The third-order valence-electron chi connectivity index (χ3n) is 3.99. The number of nitrogen functional groups attached to an aromatic ring is 1. The largest absolute Gasteiger partial charge is 0.368 e. The molecule has 1 amide bonds. The van der Waals surface area contributed by atoms with Crippen molar-refractivity contribution < 1.29 is 4.79 Å². The van der Waals surface area contributed by atoms with Gasteiger partial charge in [0.2, 0.25) is 5.95 Å². The number of nitrogens with one attached hydrogen (secondary N) is 1. The summed E-state index contributed by atoms with van der Waals surface area (Å²) in [5.74, 6) is -0.0727. The number of para-hydroxylation sites is 1. The fourth-order valence-electron chi connectivity index (χ4n) is 2.75. The van der Waals surface area contributed by atoms with Crippen LogP contribution >= 0.6 is 0 Å². The lowest BCUT2D eigenvalue weighted by atomic mass is 10.1. The minimum Gasteiger partial charge on any atom is -0.368 e. The van der Waals surface area contributed by atoms with Crippen LogP contribution in [0.15, 0.2) is 48.5 Å². The molecule has 0 atom stereocenters. The van der Waals surface area contributed by atoms with Crippen LogP contribution < -0.4 is 11.1 Å². The summed E-state index contributed by atoms with van der Waals surface area (Å²) in [6, 6.07) is 15.6. The molecule has 3 rings (SSSR count). The van der Waals surface area contributed by atoms with Crippen LogP contribution in [0.1, 0.15) is 21.6 Å². The van der Waals surface area contributed by atoms with E-state index in [2.05, 4.69) is 27.4 Å². The minimum atomic E-state index is -0.176. The number of aromatic nitrogens is 2. The zero-order valence-corrected chi connectivity index (χ0v) is 14.4. The first kappa shape index (κ1) is 16.9. The number of hydrogen-bond acceptors (Lipinski definition) is 5. The molecule has 6 heteroatoms. The van der Waals surface area contributed by atoms with Gasteiger partial charge in [-0.15, -0.1) is 0 Å². The highest BCUT2D eigenvalue weighted by molar-refractivity contribution is 6.04. The summed E-state index contributed by atoms with van der Waals surface area (Å²) in [6.07, 6.45) is 0. The molecule has 0 aliphatic carbocycles. The maximum Gasteiger partial charge on any atom is 0.273 e. The van der Waals surface area contributed by atoms with Gasteiger partial charge in [-0.3, -0.25) is 4.79 Å². The van der Waals surface area contributed by atoms with E-state index in [0.29, 0.717) is 23.1 Å². The van der Waals surface area contributed by atoms with Crippen molar-refractivity contribution in [2.45, 2.75) is 13.1 Å². The van der Waals surface area contributed by atoms with E-state index < -0.39 is 0 Å². The van der Waals surface area contributed by atoms with Crippen LogP contribution in [0.4, 0.5) is 5.95 Å². The summed E-state index contributed by atoms with van der Waals surface area (Å²) >= 11 is 0. The second kappa shape index (κ2) is 7.27. The van der Waals surface area contributed by atoms with Crippen LogP contribution in [0, 0.1) is 0 Å². The van der Waals surface area contributed by atoms with Crippen molar-refractivity contribution in [3.63, 3.8) is 0 Å². The van der Waals surface area contributed by atoms with Gasteiger partial charge < -0.3 is 16.0 Å². The Hall–Kier alpha value is -2.99. The highest BCUT2D eigenvalue weighted by Gasteiger charge is 2.18. The van der Waals surface area contributed by atoms with E-state index in [4.69, 9.17) is 5.73 Å². The van der Waals surface area contributed by atoms with Gasteiger partial charge in [0, 0.05) is 25.5 Å². The molecule has 0 saturated heterocycles.